The number of hydrogen-bond acceptors (Lipinski definition) is 4. The molecule has 3 N–H and O–H groups in total. The summed E-state index contributed by atoms with van der Waals surface area (Å²) in [6.45, 7) is 1.62. The average molecular weight is 316 g/mol. The van der Waals surface area contributed by atoms with Gasteiger partial charge in [0.25, 0.3) is 0 Å². The molecule has 0 aliphatic heterocycles. The summed E-state index contributed by atoms with van der Waals surface area (Å²) < 4.78 is 0. The SMILES string of the molecule is CC(N)C(=O)Nc1cc2ccccc2c(C#Cc2ccccn2)n1. The van der Waals surface area contributed by atoms with Gasteiger partial charge >= 0.3 is 0 Å². The summed E-state index contributed by atoms with van der Waals surface area (Å²) in [5.41, 5.74) is 6.84. The van der Waals surface area contributed by atoms with Crippen LogP contribution in [0.1, 0.15) is 18.3 Å². The summed E-state index contributed by atoms with van der Waals surface area (Å²) in [6, 6.07) is 14.5. The molecule has 1 aromatic carbocycles. The van der Waals surface area contributed by atoms with E-state index >= 15 is 0 Å². The van der Waals surface area contributed by atoms with Crippen LogP contribution in [0.2, 0.25) is 0 Å². The first-order chi connectivity index (χ1) is 11.6. The molecule has 118 valence electrons. The average Bonchev–Trinajstić information content (AvgIpc) is 2.60. The van der Waals surface area contributed by atoms with E-state index in [0.29, 0.717) is 17.2 Å². The van der Waals surface area contributed by atoms with Crippen LogP contribution in [0.25, 0.3) is 10.8 Å². The minimum absolute atomic E-state index is 0.290. The smallest absolute Gasteiger partial charge is 0.242 e. The normalized spacial score (nSPS) is 11.4. The summed E-state index contributed by atoms with van der Waals surface area (Å²) in [4.78, 5) is 20.4. The zero-order valence-corrected chi connectivity index (χ0v) is 13.2. The topological polar surface area (TPSA) is 80.9 Å². The molecule has 0 bridgehead atoms. The molecule has 1 atom stereocenters. The Labute approximate surface area is 139 Å². The predicted molar refractivity (Wildman–Crippen MR) is 94.2 cm³/mol. The maximum Gasteiger partial charge on any atom is 0.242 e. The van der Waals surface area contributed by atoms with Crippen molar-refractivity contribution in [1.82, 2.24) is 9.97 Å². The molecule has 0 saturated heterocycles. The highest BCUT2D eigenvalue weighted by Crippen LogP contribution is 2.20. The molecule has 5 heteroatoms. The second kappa shape index (κ2) is 6.90. The fraction of sp³-hybridized carbons (Fsp3) is 0.105. The number of benzene rings is 1. The van der Waals surface area contributed by atoms with Gasteiger partial charge in [0.2, 0.25) is 5.91 Å². The Hall–Kier alpha value is -3.23. The third kappa shape index (κ3) is 3.57. The lowest BCUT2D eigenvalue weighted by atomic mass is 10.1. The van der Waals surface area contributed by atoms with Crippen molar-refractivity contribution in [3.8, 4) is 11.8 Å². The van der Waals surface area contributed by atoms with Crippen molar-refractivity contribution in [3.63, 3.8) is 0 Å². The Balaban J connectivity index is 2.05. The number of nitrogens with two attached hydrogens (primary N) is 1. The van der Waals surface area contributed by atoms with Gasteiger partial charge in [0.1, 0.15) is 17.2 Å². The van der Waals surface area contributed by atoms with Gasteiger partial charge in [0, 0.05) is 11.6 Å². The van der Waals surface area contributed by atoms with E-state index in [2.05, 4.69) is 27.1 Å². The maximum atomic E-state index is 11.8. The van der Waals surface area contributed by atoms with E-state index in [1.54, 1.807) is 13.1 Å². The minimum atomic E-state index is -0.610. The molecule has 24 heavy (non-hydrogen) atoms. The second-order valence-corrected chi connectivity index (χ2v) is 5.32. The number of fused-ring (bicyclic) bond motifs is 1. The molecule has 5 nitrogen and oxygen atoms in total. The summed E-state index contributed by atoms with van der Waals surface area (Å²) in [5, 5.41) is 4.57. The quantitative estimate of drug-likeness (QED) is 0.711. The van der Waals surface area contributed by atoms with E-state index in [0.717, 1.165) is 10.8 Å². The van der Waals surface area contributed by atoms with Crippen molar-refractivity contribution in [2.45, 2.75) is 13.0 Å². The van der Waals surface area contributed by atoms with Gasteiger partial charge < -0.3 is 11.1 Å². The highest BCUT2D eigenvalue weighted by atomic mass is 16.2. The highest BCUT2D eigenvalue weighted by molar-refractivity contribution is 5.96. The monoisotopic (exact) mass is 316 g/mol. The number of nitrogens with one attached hydrogen (secondary N) is 1. The fourth-order valence-electron chi connectivity index (χ4n) is 2.16. The van der Waals surface area contributed by atoms with Crippen LogP contribution in [0.3, 0.4) is 0 Å². The molecule has 1 amide bonds. The Bertz CT molecular complexity index is 940. The number of rotatable bonds is 2. The summed E-state index contributed by atoms with van der Waals surface area (Å²) in [7, 11) is 0. The summed E-state index contributed by atoms with van der Waals surface area (Å²) >= 11 is 0. The van der Waals surface area contributed by atoms with Crippen molar-refractivity contribution in [2.24, 2.45) is 5.73 Å². The molecular formula is C19H16N4O. The Morgan fingerprint density at radius 1 is 1.17 bits per heavy atom. The first kappa shape index (κ1) is 15.7. The van der Waals surface area contributed by atoms with Gasteiger partial charge in [-0.1, -0.05) is 30.3 Å². The molecule has 3 aromatic rings. The number of amides is 1. The van der Waals surface area contributed by atoms with E-state index in [1.807, 2.05) is 48.5 Å². The zero-order chi connectivity index (χ0) is 16.9. The van der Waals surface area contributed by atoms with Crippen molar-refractivity contribution in [2.75, 3.05) is 5.32 Å². The molecular weight excluding hydrogens is 300 g/mol. The number of anilines is 1. The number of carbonyl (C=O) groups excluding carboxylic acids is 1. The van der Waals surface area contributed by atoms with Gasteiger partial charge in [-0.3, -0.25) is 4.79 Å². The first-order valence-electron chi connectivity index (χ1n) is 7.53. The third-order valence-corrected chi connectivity index (χ3v) is 3.38. The third-order valence-electron chi connectivity index (χ3n) is 3.38. The molecule has 2 heterocycles. The maximum absolute atomic E-state index is 11.8. The molecule has 0 radical (unpaired) electrons. The van der Waals surface area contributed by atoms with Crippen LogP contribution in [0.15, 0.2) is 54.7 Å². The number of aromatic nitrogens is 2. The Kier molecular flexibility index (Phi) is 4.50. The van der Waals surface area contributed by atoms with Crippen molar-refractivity contribution >= 4 is 22.5 Å². The Morgan fingerprint density at radius 2 is 1.96 bits per heavy atom. The van der Waals surface area contributed by atoms with Gasteiger partial charge in [-0.2, -0.15) is 0 Å². The number of nitrogens with zero attached hydrogens (tertiary/aromatic N) is 2. The van der Waals surface area contributed by atoms with Gasteiger partial charge in [-0.15, -0.1) is 0 Å². The van der Waals surface area contributed by atoms with Gasteiger partial charge in [0.15, 0.2) is 0 Å². The van der Waals surface area contributed by atoms with Gasteiger partial charge in [0.05, 0.1) is 6.04 Å². The van der Waals surface area contributed by atoms with Gasteiger partial charge in [-0.05, 0) is 42.3 Å². The van der Waals surface area contributed by atoms with Crippen molar-refractivity contribution in [3.05, 3.63) is 66.1 Å². The molecule has 1 unspecified atom stereocenters. The summed E-state index contributed by atoms with van der Waals surface area (Å²) in [5.74, 6) is 6.18. The van der Waals surface area contributed by atoms with E-state index in [-0.39, 0.29) is 5.91 Å². The first-order valence-corrected chi connectivity index (χ1v) is 7.53. The van der Waals surface area contributed by atoms with Gasteiger partial charge in [-0.25, -0.2) is 9.97 Å². The van der Waals surface area contributed by atoms with Crippen LogP contribution in [0.4, 0.5) is 5.82 Å². The van der Waals surface area contributed by atoms with E-state index in [4.69, 9.17) is 5.73 Å². The second-order valence-electron chi connectivity index (χ2n) is 5.32. The van der Waals surface area contributed by atoms with E-state index in [1.165, 1.54) is 0 Å². The van der Waals surface area contributed by atoms with Crippen LogP contribution in [-0.2, 0) is 4.79 Å². The summed E-state index contributed by atoms with van der Waals surface area (Å²) in [6.07, 6.45) is 1.69. The van der Waals surface area contributed by atoms with E-state index in [9.17, 15) is 4.79 Å². The molecule has 0 aliphatic carbocycles. The molecule has 2 aromatic heterocycles. The van der Waals surface area contributed by atoms with E-state index < -0.39 is 6.04 Å². The molecule has 0 fully saturated rings. The molecule has 0 spiro atoms. The van der Waals surface area contributed by atoms with Crippen LogP contribution in [0.5, 0.6) is 0 Å². The fourth-order valence-corrected chi connectivity index (χ4v) is 2.16. The number of carbonyl (C=O) groups is 1. The minimum Gasteiger partial charge on any atom is -0.320 e. The van der Waals surface area contributed by atoms with Crippen molar-refractivity contribution < 1.29 is 4.79 Å². The molecule has 0 saturated carbocycles. The van der Waals surface area contributed by atoms with Crippen LogP contribution >= 0.6 is 0 Å². The zero-order valence-electron chi connectivity index (χ0n) is 13.2. The lowest BCUT2D eigenvalue weighted by Gasteiger charge is -2.09. The molecule has 0 aliphatic rings. The Morgan fingerprint density at radius 3 is 2.71 bits per heavy atom. The number of pyridine rings is 2. The van der Waals surface area contributed by atoms with Crippen LogP contribution in [-0.4, -0.2) is 21.9 Å². The lowest BCUT2D eigenvalue weighted by Crippen LogP contribution is -2.32. The highest BCUT2D eigenvalue weighted by Gasteiger charge is 2.10. The van der Waals surface area contributed by atoms with Crippen LogP contribution in [0, 0.1) is 11.8 Å². The largest absolute Gasteiger partial charge is 0.320 e. The van der Waals surface area contributed by atoms with Crippen LogP contribution < -0.4 is 11.1 Å². The molecule has 3 rings (SSSR count). The van der Waals surface area contributed by atoms with Crippen molar-refractivity contribution in [1.29, 1.82) is 0 Å². The lowest BCUT2D eigenvalue weighted by molar-refractivity contribution is -0.117. The standard InChI is InChI=1S/C19H16N4O/c1-13(20)19(24)23-18-12-14-6-2-3-8-16(14)17(22-18)10-9-15-7-4-5-11-21-15/h2-8,11-13H,20H2,1H3,(H,22,23,24). The predicted octanol–water partition coefficient (Wildman–Crippen LogP) is 2.32. The number of hydrogen-bond donors (Lipinski definition) is 2.